The van der Waals surface area contributed by atoms with Crippen molar-refractivity contribution < 1.29 is 19.4 Å². The number of hydrogen-bond donors (Lipinski definition) is 1. The van der Waals surface area contributed by atoms with Gasteiger partial charge >= 0.3 is 5.97 Å². The number of carboxylic acids is 1. The Hall–Kier alpha value is -1.10. The lowest BCUT2D eigenvalue weighted by Crippen LogP contribution is -2.53. The zero-order chi connectivity index (χ0) is 14.4. The summed E-state index contributed by atoms with van der Waals surface area (Å²) in [4.78, 5) is 26.3. The van der Waals surface area contributed by atoms with Crippen LogP contribution in [-0.4, -0.2) is 46.2 Å². The first-order valence-corrected chi connectivity index (χ1v) is 7.71. The number of likely N-dealkylation sites (tertiary alicyclic amines) is 1. The lowest BCUT2D eigenvalue weighted by molar-refractivity contribution is -0.153. The zero-order valence-corrected chi connectivity index (χ0v) is 12.1. The van der Waals surface area contributed by atoms with Gasteiger partial charge in [0.15, 0.2) is 0 Å². The molecule has 0 spiro atoms. The van der Waals surface area contributed by atoms with Crippen LogP contribution in [0.25, 0.3) is 0 Å². The van der Waals surface area contributed by atoms with E-state index in [1.54, 1.807) is 0 Å². The number of fused-ring (bicyclic) bond motifs is 2. The van der Waals surface area contributed by atoms with E-state index in [0.717, 1.165) is 32.1 Å². The van der Waals surface area contributed by atoms with E-state index in [2.05, 4.69) is 13.8 Å². The van der Waals surface area contributed by atoms with Gasteiger partial charge in [0.1, 0.15) is 0 Å². The Morgan fingerprint density at radius 1 is 1.00 bits per heavy atom. The minimum absolute atomic E-state index is 0.00398. The molecule has 0 aromatic rings. The van der Waals surface area contributed by atoms with E-state index in [-0.39, 0.29) is 30.2 Å². The summed E-state index contributed by atoms with van der Waals surface area (Å²) in [6.07, 6.45) is 4.31. The van der Waals surface area contributed by atoms with Crippen LogP contribution in [0.1, 0.15) is 46.0 Å². The third-order valence-corrected chi connectivity index (χ3v) is 5.29. The summed E-state index contributed by atoms with van der Waals surface area (Å²) in [6, 6.07) is 0.416. The van der Waals surface area contributed by atoms with E-state index in [1.807, 2.05) is 4.90 Å². The van der Waals surface area contributed by atoms with Gasteiger partial charge in [-0.25, -0.2) is 0 Å². The van der Waals surface area contributed by atoms with Crippen molar-refractivity contribution in [3.05, 3.63) is 0 Å². The van der Waals surface area contributed by atoms with Crippen molar-refractivity contribution >= 4 is 11.9 Å². The van der Waals surface area contributed by atoms with Gasteiger partial charge in [0.25, 0.3) is 0 Å². The SMILES string of the molecule is C[C@@H]1CCC[C@H](C)N1C(=O)[C@H]1[C@@H](C(=O)O)[C@H]2CC[C@@H]1O2. The summed E-state index contributed by atoms with van der Waals surface area (Å²) in [5, 5.41) is 9.43. The summed E-state index contributed by atoms with van der Waals surface area (Å²) in [5.74, 6) is -2.01. The highest BCUT2D eigenvalue weighted by Crippen LogP contribution is 2.45. The molecule has 1 amide bonds. The number of piperidine rings is 1. The normalized spacial score (nSPS) is 43.8. The van der Waals surface area contributed by atoms with E-state index in [1.165, 1.54) is 0 Å². The van der Waals surface area contributed by atoms with Crippen LogP contribution in [0.5, 0.6) is 0 Å². The van der Waals surface area contributed by atoms with Crippen molar-refractivity contribution in [2.45, 2.75) is 70.2 Å². The molecule has 112 valence electrons. The molecule has 2 bridgehead atoms. The molecule has 5 nitrogen and oxygen atoms in total. The Labute approximate surface area is 119 Å². The Kier molecular flexibility index (Phi) is 3.48. The maximum absolute atomic E-state index is 12.9. The number of ether oxygens (including phenoxy) is 1. The van der Waals surface area contributed by atoms with Crippen LogP contribution in [0.3, 0.4) is 0 Å². The molecule has 6 atom stereocenters. The molecule has 3 heterocycles. The summed E-state index contributed by atoms with van der Waals surface area (Å²) in [6.45, 7) is 4.13. The number of hydrogen-bond acceptors (Lipinski definition) is 3. The van der Waals surface area contributed by atoms with Crippen molar-refractivity contribution in [1.29, 1.82) is 0 Å². The average Bonchev–Trinajstić information content (AvgIpc) is 2.98. The van der Waals surface area contributed by atoms with Crippen molar-refractivity contribution in [1.82, 2.24) is 4.90 Å². The number of carbonyl (C=O) groups is 2. The lowest BCUT2D eigenvalue weighted by atomic mass is 9.77. The molecule has 3 saturated heterocycles. The number of rotatable bonds is 2. The maximum atomic E-state index is 12.9. The van der Waals surface area contributed by atoms with Crippen molar-refractivity contribution in [3.63, 3.8) is 0 Å². The van der Waals surface area contributed by atoms with E-state index in [4.69, 9.17) is 4.74 Å². The second kappa shape index (κ2) is 5.02. The van der Waals surface area contributed by atoms with Crippen LogP contribution in [0.4, 0.5) is 0 Å². The van der Waals surface area contributed by atoms with Gasteiger partial charge in [0.05, 0.1) is 24.0 Å². The smallest absolute Gasteiger partial charge is 0.310 e. The van der Waals surface area contributed by atoms with Crippen molar-refractivity contribution in [2.75, 3.05) is 0 Å². The second-order valence-corrected chi connectivity index (χ2v) is 6.55. The number of carbonyl (C=O) groups excluding carboxylic acids is 1. The van der Waals surface area contributed by atoms with Gasteiger partial charge in [-0.1, -0.05) is 0 Å². The second-order valence-electron chi connectivity index (χ2n) is 6.55. The van der Waals surface area contributed by atoms with Crippen LogP contribution in [0.15, 0.2) is 0 Å². The standard InChI is InChI=1S/C15H23NO4/c1-8-4-3-5-9(2)16(8)14(17)12-10-6-7-11(20-10)13(12)15(18)19/h8-13H,3-7H2,1-2H3,(H,18,19)/t8-,9+,10-,11+,12+,13-/m0/s1. The predicted molar refractivity (Wildman–Crippen MR) is 72.1 cm³/mol. The minimum Gasteiger partial charge on any atom is -0.481 e. The number of nitrogens with zero attached hydrogens (tertiary/aromatic N) is 1. The molecule has 5 heteroatoms. The molecule has 3 aliphatic rings. The van der Waals surface area contributed by atoms with E-state index >= 15 is 0 Å². The first-order valence-electron chi connectivity index (χ1n) is 7.71. The van der Waals surface area contributed by atoms with Gasteiger partial charge in [0, 0.05) is 12.1 Å². The van der Waals surface area contributed by atoms with Gasteiger partial charge in [0.2, 0.25) is 5.91 Å². The Morgan fingerprint density at radius 2 is 1.55 bits per heavy atom. The molecule has 0 saturated carbocycles. The zero-order valence-electron chi connectivity index (χ0n) is 12.1. The van der Waals surface area contributed by atoms with Gasteiger partial charge in [-0.2, -0.15) is 0 Å². The molecule has 0 aliphatic carbocycles. The van der Waals surface area contributed by atoms with E-state index < -0.39 is 17.8 Å². The Balaban J connectivity index is 1.83. The molecule has 0 aromatic heterocycles. The maximum Gasteiger partial charge on any atom is 0.310 e. The molecule has 0 radical (unpaired) electrons. The topological polar surface area (TPSA) is 66.8 Å². The molecular formula is C15H23NO4. The minimum atomic E-state index is -0.882. The molecule has 0 unspecified atom stereocenters. The van der Waals surface area contributed by atoms with Crippen molar-refractivity contribution in [2.24, 2.45) is 11.8 Å². The molecule has 1 N–H and O–H groups in total. The Morgan fingerprint density at radius 3 is 2.10 bits per heavy atom. The third kappa shape index (κ3) is 2.03. The summed E-state index contributed by atoms with van der Waals surface area (Å²) in [7, 11) is 0. The quantitative estimate of drug-likeness (QED) is 0.836. The third-order valence-electron chi connectivity index (χ3n) is 5.29. The molecule has 0 aromatic carbocycles. The van der Waals surface area contributed by atoms with Gasteiger partial charge in [-0.15, -0.1) is 0 Å². The van der Waals surface area contributed by atoms with Crippen LogP contribution >= 0.6 is 0 Å². The molecule has 3 fully saturated rings. The first-order chi connectivity index (χ1) is 9.50. The first kappa shape index (κ1) is 13.9. The van der Waals surface area contributed by atoms with Crippen LogP contribution in [-0.2, 0) is 14.3 Å². The monoisotopic (exact) mass is 281 g/mol. The highest BCUT2D eigenvalue weighted by molar-refractivity contribution is 5.87. The van der Waals surface area contributed by atoms with Crippen LogP contribution in [0, 0.1) is 11.8 Å². The number of aliphatic carboxylic acids is 1. The largest absolute Gasteiger partial charge is 0.481 e. The van der Waals surface area contributed by atoms with Gasteiger partial charge < -0.3 is 14.7 Å². The van der Waals surface area contributed by atoms with Gasteiger partial charge in [-0.05, 0) is 46.0 Å². The highest BCUT2D eigenvalue weighted by Gasteiger charge is 2.57. The van der Waals surface area contributed by atoms with Crippen LogP contribution < -0.4 is 0 Å². The fourth-order valence-corrected chi connectivity index (χ4v) is 4.33. The number of carboxylic acid groups (broad SMARTS) is 1. The summed E-state index contributed by atoms with van der Waals surface area (Å²) in [5.41, 5.74) is 0. The molecule has 3 rings (SSSR count). The lowest BCUT2D eigenvalue weighted by Gasteiger charge is -2.42. The van der Waals surface area contributed by atoms with E-state index in [9.17, 15) is 14.7 Å². The summed E-state index contributed by atoms with van der Waals surface area (Å²) >= 11 is 0. The predicted octanol–water partition coefficient (Wildman–Crippen LogP) is 1.65. The van der Waals surface area contributed by atoms with E-state index in [0.29, 0.717) is 0 Å². The Bertz CT molecular complexity index is 414. The summed E-state index contributed by atoms with van der Waals surface area (Å²) < 4.78 is 5.71. The fraction of sp³-hybridized carbons (Fsp3) is 0.867. The highest BCUT2D eigenvalue weighted by atomic mass is 16.5. The number of amides is 1. The van der Waals surface area contributed by atoms with Crippen molar-refractivity contribution in [3.8, 4) is 0 Å². The molecular weight excluding hydrogens is 258 g/mol. The molecule has 20 heavy (non-hydrogen) atoms. The molecule has 3 aliphatic heterocycles. The average molecular weight is 281 g/mol. The van der Waals surface area contributed by atoms with Gasteiger partial charge in [-0.3, -0.25) is 9.59 Å². The van der Waals surface area contributed by atoms with Crippen LogP contribution in [0.2, 0.25) is 0 Å². The fourth-order valence-electron chi connectivity index (χ4n) is 4.33.